The molecule has 0 aliphatic carbocycles. The molecular formula is C17H24N4O3S. The van der Waals surface area contributed by atoms with Crippen molar-refractivity contribution in [3.63, 3.8) is 0 Å². The largest absolute Gasteiger partial charge is 0.491 e. The molecule has 2 aromatic rings. The quantitative estimate of drug-likeness (QED) is 0.846. The Balaban J connectivity index is 1.69. The lowest BCUT2D eigenvalue weighted by molar-refractivity contribution is 0.242. The van der Waals surface area contributed by atoms with Crippen LogP contribution in [0.1, 0.15) is 38.8 Å². The van der Waals surface area contributed by atoms with Gasteiger partial charge >= 0.3 is 0 Å². The number of nitrogens with zero attached hydrogens (tertiary/aromatic N) is 3. The van der Waals surface area contributed by atoms with E-state index in [1.807, 2.05) is 25.5 Å². The maximum absolute atomic E-state index is 12.6. The highest BCUT2D eigenvalue weighted by atomic mass is 32.2. The van der Waals surface area contributed by atoms with E-state index in [1.54, 1.807) is 24.3 Å². The van der Waals surface area contributed by atoms with Crippen LogP contribution in [-0.2, 0) is 29.4 Å². The molecule has 0 bridgehead atoms. The van der Waals surface area contributed by atoms with E-state index in [0.717, 1.165) is 30.9 Å². The molecule has 0 fully saturated rings. The highest BCUT2D eigenvalue weighted by Crippen LogP contribution is 2.19. The summed E-state index contributed by atoms with van der Waals surface area (Å²) in [4.78, 5) is 4.69. The van der Waals surface area contributed by atoms with Crippen LogP contribution >= 0.6 is 0 Å². The zero-order valence-electron chi connectivity index (χ0n) is 14.8. The highest BCUT2D eigenvalue weighted by molar-refractivity contribution is 7.89. The van der Waals surface area contributed by atoms with Crippen LogP contribution in [0.25, 0.3) is 0 Å². The Kier molecular flexibility index (Phi) is 5.10. The number of fused-ring (bicyclic) bond motifs is 1. The zero-order chi connectivity index (χ0) is 18.0. The fraction of sp³-hybridized carbons (Fsp3) is 0.529. The van der Waals surface area contributed by atoms with E-state index >= 15 is 0 Å². The molecule has 1 aromatic carbocycles. The van der Waals surface area contributed by atoms with Gasteiger partial charge in [0.2, 0.25) is 10.0 Å². The summed E-state index contributed by atoms with van der Waals surface area (Å²) in [5.41, 5.74) is 0. The summed E-state index contributed by atoms with van der Waals surface area (Å²) in [6.07, 6.45) is 2.27. The molecule has 8 heteroatoms. The Morgan fingerprint density at radius 1 is 1.32 bits per heavy atom. The average molecular weight is 364 g/mol. The third-order valence-corrected chi connectivity index (χ3v) is 5.58. The van der Waals surface area contributed by atoms with E-state index in [4.69, 9.17) is 4.74 Å². The highest BCUT2D eigenvalue weighted by Gasteiger charge is 2.26. The van der Waals surface area contributed by atoms with Crippen LogP contribution in [0.2, 0.25) is 0 Å². The second-order valence-electron chi connectivity index (χ2n) is 6.47. The predicted octanol–water partition coefficient (Wildman–Crippen LogP) is 1.92. The number of ether oxygens (including phenoxy) is 1. The number of nitrogens with one attached hydrogen (secondary N) is 1. The maximum atomic E-state index is 12.6. The van der Waals surface area contributed by atoms with E-state index in [1.165, 1.54) is 0 Å². The van der Waals surface area contributed by atoms with Gasteiger partial charge in [0.05, 0.1) is 17.5 Å². The van der Waals surface area contributed by atoms with E-state index in [0.29, 0.717) is 12.3 Å². The Hall–Kier alpha value is -1.93. The van der Waals surface area contributed by atoms with E-state index < -0.39 is 10.0 Å². The Morgan fingerprint density at radius 2 is 2.04 bits per heavy atom. The van der Waals surface area contributed by atoms with Gasteiger partial charge in [0.1, 0.15) is 11.6 Å². The summed E-state index contributed by atoms with van der Waals surface area (Å²) in [7, 11) is -3.57. The molecule has 25 heavy (non-hydrogen) atoms. The van der Waals surface area contributed by atoms with Crippen LogP contribution in [0.5, 0.6) is 5.75 Å². The van der Waals surface area contributed by atoms with Gasteiger partial charge in [0.25, 0.3) is 0 Å². The molecule has 0 saturated carbocycles. The van der Waals surface area contributed by atoms with Crippen molar-refractivity contribution in [2.75, 3.05) is 0 Å². The van der Waals surface area contributed by atoms with E-state index in [2.05, 4.69) is 14.8 Å². The van der Waals surface area contributed by atoms with E-state index in [9.17, 15) is 8.42 Å². The van der Waals surface area contributed by atoms with Crippen molar-refractivity contribution in [3.05, 3.63) is 35.9 Å². The SMILES string of the molecule is CCc1nc2n(n1)C[C@@H](NS(=O)(=O)c1ccc(OC(C)C)cc1)CC2. The van der Waals surface area contributed by atoms with Crippen LogP contribution in [-0.4, -0.2) is 35.3 Å². The molecule has 136 valence electrons. The van der Waals surface area contributed by atoms with Gasteiger partial charge in [-0.15, -0.1) is 0 Å². The fourth-order valence-corrected chi connectivity index (χ4v) is 4.13. The van der Waals surface area contributed by atoms with Gasteiger partial charge in [-0.25, -0.2) is 22.8 Å². The fourth-order valence-electron chi connectivity index (χ4n) is 2.86. The molecule has 1 atom stereocenters. The van der Waals surface area contributed by atoms with Crippen molar-refractivity contribution in [2.24, 2.45) is 0 Å². The zero-order valence-corrected chi connectivity index (χ0v) is 15.6. The molecule has 3 rings (SSSR count). The summed E-state index contributed by atoms with van der Waals surface area (Å²) in [6, 6.07) is 6.31. The monoisotopic (exact) mass is 364 g/mol. The molecule has 1 N–H and O–H groups in total. The molecule has 0 amide bonds. The summed E-state index contributed by atoms with van der Waals surface area (Å²) in [5.74, 6) is 2.40. The summed E-state index contributed by atoms with van der Waals surface area (Å²) >= 11 is 0. The van der Waals surface area contributed by atoms with Gasteiger partial charge in [-0.05, 0) is 44.5 Å². The number of aromatic nitrogens is 3. The molecule has 0 unspecified atom stereocenters. The van der Waals surface area contributed by atoms with Crippen LogP contribution in [0.15, 0.2) is 29.2 Å². The third-order valence-electron chi connectivity index (χ3n) is 4.05. The van der Waals surface area contributed by atoms with Gasteiger partial charge in [-0.2, -0.15) is 5.10 Å². The number of sulfonamides is 1. The minimum absolute atomic E-state index is 0.0488. The average Bonchev–Trinajstić information content (AvgIpc) is 2.97. The van der Waals surface area contributed by atoms with Crippen LogP contribution in [0, 0.1) is 0 Å². The standard InChI is InChI=1S/C17H24N4O3S/c1-4-16-18-17-10-5-13(11-21(17)19-16)20-25(22,23)15-8-6-14(7-9-15)24-12(2)3/h6-9,12-13,20H,4-5,10-11H2,1-3H3/t13-/m0/s1. The molecule has 2 heterocycles. The van der Waals surface area contributed by atoms with E-state index in [-0.39, 0.29) is 17.0 Å². The van der Waals surface area contributed by atoms with Gasteiger partial charge < -0.3 is 4.74 Å². The molecule has 0 saturated heterocycles. The Labute approximate surface area is 148 Å². The van der Waals surface area contributed by atoms with Crippen molar-refractivity contribution in [2.45, 2.75) is 63.6 Å². The predicted molar refractivity (Wildman–Crippen MR) is 94.0 cm³/mol. The van der Waals surface area contributed by atoms with Crippen molar-refractivity contribution in [3.8, 4) is 5.75 Å². The number of hydrogen-bond donors (Lipinski definition) is 1. The van der Waals surface area contributed by atoms with Crippen molar-refractivity contribution in [1.29, 1.82) is 0 Å². The number of rotatable bonds is 6. The van der Waals surface area contributed by atoms with Crippen LogP contribution in [0.3, 0.4) is 0 Å². The lowest BCUT2D eigenvalue weighted by Crippen LogP contribution is -2.41. The van der Waals surface area contributed by atoms with Crippen molar-refractivity contribution >= 4 is 10.0 Å². The Bertz CT molecular complexity index is 828. The molecule has 1 aliphatic heterocycles. The first-order valence-corrected chi connectivity index (χ1v) is 10.1. The van der Waals surface area contributed by atoms with Gasteiger partial charge in [-0.1, -0.05) is 6.92 Å². The van der Waals surface area contributed by atoms with Crippen LogP contribution < -0.4 is 9.46 Å². The second-order valence-corrected chi connectivity index (χ2v) is 8.19. The molecule has 0 radical (unpaired) electrons. The topological polar surface area (TPSA) is 86.1 Å². The van der Waals surface area contributed by atoms with Crippen molar-refractivity contribution in [1.82, 2.24) is 19.5 Å². The molecule has 0 spiro atoms. The van der Waals surface area contributed by atoms with Gasteiger partial charge in [0, 0.05) is 18.9 Å². The Morgan fingerprint density at radius 3 is 2.68 bits per heavy atom. The first-order chi connectivity index (χ1) is 11.9. The second kappa shape index (κ2) is 7.13. The van der Waals surface area contributed by atoms with Gasteiger partial charge in [-0.3, -0.25) is 0 Å². The summed E-state index contributed by atoms with van der Waals surface area (Å²) in [5, 5.41) is 4.42. The number of benzene rings is 1. The van der Waals surface area contributed by atoms with Gasteiger partial charge in [0.15, 0.2) is 5.82 Å². The first kappa shape index (κ1) is 17.9. The van der Waals surface area contributed by atoms with Crippen molar-refractivity contribution < 1.29 is 13.2 Å². The molecule has 7 nitrogen and oxygen atoms in total. The summed E-state index contributed by atoms with van der Waals surface area (Å²) in [6.45, 7) is 6.37. The lowest BCUT2D eigenvalue weighted by Gasteiger charge is -2.23. The molecule has 1 aromatic heterocycles. The normalized spacial score (nSPS) is 17.5. The molecular weight excluding hydrogens is 340 g/mol. The third kappa shape index (κ3) is 4.19. The maximum Gasteiger partial charge on any atom is 0.240 e. The summed E-state index contributed by atoms with van der Waals surface area (Å²) < 4.78 is 35.4. The van der Waals surface area contributed by atoms with Crippen LogP contribution in [0.4, 0.5) is 0 Å². The minimum Gasteiger partial charge on any atom is -0.491 e. The molecule has 1 aliphatic rings. The first-order valence-electron chi connectivity index (χ1n) is 8.59. The lowest BCUT2D eigenvalue weighted by atomic mass is 10.1. The number of hydrogen-bond acceptors (Lipinski definition) is 5. The smallest absolute Gasteiger partial charge is 0.240 e. The minimum atomic E-state index is -3.57. The number of aryl methyl sites for hydroxylation is 2.